The molecule has 2 heterocycles. The van der Waals surface area contributed by atoms with Crippen molar-refractivity contribution in [1.82, 2.24) is 19.7 Å². The van der Waals surface area contributed by atoms with Gasteiger partial charge in [-0.2, -0.15) is 0 Å². The van der Waals surface area contributed by atoms with Gasteiger partial charge >= 0.3 is 0 Å². The molecule has 1 amide bonds. The largest absolute Gasteiger partial charge is 0.325 e. The van der Waals surface area contributed by atoms with E-state index in [0.717, 1.165) is 22.6 Å². The molecule has 0 spiro atoms. The number of aromatic nitrogens is 4. The molecular formula is C20H23N5OS. The molecule has 0 aliphatic carbocycles. The number of amides is 1. The molecule has 2 aromatic heterocycles. The van der Waals surface area contributed by atoms with Crippen molar-refractivity contribution < 1.29 is 4.79 Å². The number of pyridine rings is 1. The zero-order valence-electron chi connectivity index (χ0n) is 15.9. The third kappa shape index (κ3) is 4.54. The van der Waals surface area contributed by atoms with Crippen LogP contribution in [0.4, 0.5) is 5.69 Å². The number of rotatable bonds is 5. The van der Waals surface area contributed by atoms with E-state index in [4.69, 9.17) is 0 Å². The first-order valence-electron chi connectivity index (χ1n) is 8.68. The van der Waals surface area contributed by atoms with Crippen molar-refractivity contribution in [2.75, 3.05) is 11.1 Å². The summed E-state index contributed by atoms with van der Waals surface area (Å²) in [4.78, 5) is 16.5. The van der Waals surface area contributed by atoms with Gasteiger partial charge in [-0.15, -0.1) is 10.2 Å². The van der Waals surface area contributed by atoms with Crippen LogP contribution >= 0.6 is 11.8 Å². The molecule has 7 heteroatoms. The number of carbonyl (C=O) groups is 1. The van der Waals surface area contributed by atoms with Gasteiger partial charge in [0.1, 0.15) is 0 Å². The van der Waals surface area contributed by atoms with E-state index in [1.165, 1.54) is 11.8 Å². The van der Waals surface area contributed by atoms with Gasteiger partial charge in [-0.05, 0) is 29.2 Å². The minimum absolute atomic E-state index is 0.0416. The first kappa shape index (κ1) is 19.1. The van der Waals surface area contributed by atoms with Crippen molar-refractivity contribution in [3.05, 3.63) is 54.4 Å². The second-order valence-electron chi connectivity index (χ2n) is 7.23. The number of nitrogens with zero attached hydrogens (tertiary/aromatic N) is 4. The highest BCUT2D eigenvalue weighted by Crippen LogP contribution is 2.29. The van der Waals surface area contributed by atoms with Gasteiger partial charge in [-0.1, -0.05) is 50.7 Å². The van der Waals surface area contributed by atoms with Crippen LogP contribution in [0.1, 0.15) is 26.3 Å². The fourth-order valence-corrected chi connectivity index (χ4v) is 3.47. The van der Waals surface area contributed by atoms with Gasteiger partial charge in [-0.25, -0.2) is 0 Å². The Morgan fingerprint density at radius 1 is 1.11 bits per heavy atom. The average molecular weight is 382 g/mol. The van der Waals surface area contributed by atoms with Gasteiger partial charge in [-0.3, -0.25) is 9.78 Å². The molecule has 27 heavy (non-hydrogen) atoms. The van der Waals surface area contributed by atoms with Crippen molar-refractivity contribution in [2.45, 2.75) is 31.3 Å². The van der Waals surface area contributed by atoms with E-state index >= 15 is 0 Å². The topological polar surface area (TPSA) is 72.7 Å². The Morgan fingerprint density at radius 3 is 2.52 bits per heavy atom. The molecule has 0 saturated carbocycles. The van der Waals surface area contributed by atoms with Gasteiger partial charge in [0.15, 0.2) is 11.0 Å². The number of benzene rings is 1. The molecule has 6 nitrogen and oxygen atoms in total. The SMILES string of the molecule is Cn1c(SCC(=O)Nc2ccccc2C(C)(C)C)nnc1-c1ccncc1. The van der Waals surface area contributed by atoms with Crippen molar-refractivity contribution in [2.24, 2.45) is 7.05 Å². The summed E-state index contributed by atoms with van der Waals surface area (Å²) < 4.78 is 1.89. The summed E-state index contributed by atoms with van der Waals surface area (Å²) in [6.45, 7) is 6.40. The van der Waals surface area contributed by atoms with E-state index in [1.807, 2.05) is 48.0 Å². The summed E-state index contributed by atoms with van der Waals surface area (Å²) in [5, 5.41) is 12.1. The van der Waals surface area contributed by atoms with E-state index < -0.39 is 0 Å². The van der Waals surface area contributed by atoms with Gasteiger partial charge in [0, 0.05) is 30.7 Å². The van der Waals surface area contributed by atoms with E-state index in [1.54, 1.807) is 12.4 Å². The van der Waals surface area contributed by atoms with Crippen LogP contribution < -0.4 is 5.32 Å². The van der Waals surface area contributed by atoms with Crippen LogP contribution in [-0.4, -0.2) is 31.4 Å². The van der Waals surface area contributed by atoms with Crippen LogP contribution in [0.2, 0.25) is 0 Å². The lowest BCUT2D eigenvalue weighted by atomic mass is 9.86. The molecule has 0 unspecified atom stereocenters. The number of thioether (sulfide) groups is 1. The smallest absolute Gasteiger partial charge is 0.234 e. The monoisotopic (exact) mass is 381 g/mol. The zero-order chi connectivity index (χ0) is 19.4. The van der Waals surface area contributed by atoms with Crippen molar-refractivity contribution in [3.8, 4) is 11.4 Å². The molecule has 3 rings (SSSR count). The highest BCUT2D eigenvalue weighted by molar-refractivity contribution is 7.99. The van der Waals surface area contributed by atoms with Crippen LogP contribution in [-0.2, 0) is 17.3 Å². The van der Waals surface area contributed by atoms with Crippen LogP contribution in [0, 0.1) is 0 Å². The van der Waals surface area contributed by atoms with E-state index in [2.05, 4.69) is 41.3 Å². The van der Waals surface area contributed by atoms with Gasteiger partial charge in [0.2, 0.25) is 5.91 Å². The molecule has 0 saturated heterocycles. The number of hydrogen-bond acceptors (Lipinski definition) is 5. The summed E-state index contributed by atoms with van der Waals surface area (Å²) in [7, 11) is 1.89. The summed E-state index contributed by atoms with van der Waals surface area (Å²) in [5.41, 5.74) is 2.86. The Labute approximate surface area is 163 Å². The molecule has 0 atom stereocenters. The first-order valence-corrected chi connectivity index (χ1v) is 9.67. The minimum atomic E-state index is -0.0647. The minimum Gasteiger partial charge on any atom is -0.325 e. The molecule has 0 fully saturated rings. The number of carbonyl (C=O) groups excluding carboxylic acids is 1. The Balaban J connectivity index is 1.67. The maximum Gasteiger partial charge on any atom is 0.234 e. The predicted octanol–water partition coefficient (Wildman–Crippen LogP) is 3.91. The second kappa shape index (κ2) is 7.92. The van der Waals surface area contributed by atoms with Crippen molar-refractivity contribution in [3.63, 3.8) is 0 Å². The maximum absolute atomic E-state index is 12.5. The Bertz CT molecular complexity index is 931. The molecule has 1 aromatic carbocycles. The van der Waals surface area contributed by atoms with Crippen molar-refractivity contribution in [1.29, 1.82) is 0 Å². The first-order chi connectivity index (χ1) is 12.9. The van der Waals surface area contributed by atoms with E-state index in [-0.39, 0.29) is 17.1 Å². The number of nitrogens with one attached hydrogen (secondary N) is 1. The van der Waals surface area contributed by atoms with Crippen molar-refractivity contribution >= 4 is 23.4 Å². The highest BCUT2D eigenvalue weighted by Gasteiger charge is 2.19. The molecule has 0 radical (unpaired) electrons. The fourth-order valence-electron chi connectivity index (χ4n) is 2.76. The summed E-state index contributed by atoms with van der Waals surface area (Å²) in [6, 6.07) is 11.7. The van der Waals surface area contributed by atoms with E-state index in [0.29, 0.717) is 5.16 Å². The third-order valence-corrected chi connectivity index (χ3v) is 5.14. The Morgan fingerprint density at radius 2 is 1.81 bits per heavy atom. The van der Waals surface area contributed by atoms with Crippen LogP contribution in [0.15, 0.2) is 53.9 Å². The average Bonchev–Trinajstić information content (AvgIpc) is 3.01. The van der Waals surface area contributed by atoms with Gasteiger partial charge in [0.25, 0.3) is 0 Å². The summed E-state index contributed by atoms with van der Waals surface area (Å²) in [6.07, 6.45) is 3.44. The van der Waals surface area contributed by atoms with E-state index in [9.17, 15) is 4.79 Å². The predicted molar refractivity (Wildman–Crippen MR) is 109 cm³/mol. The summed E-state index contributed by atoms with van der Waals surface area (Å²) >= 11 is 1.36. The molecule has 0 bridgehead atoms. The summed E-state index contributed by atoms with van der Waals surface area (Å²) in [5.74, 6) is 0.949. The molecule has 1 N–H and O–H groups in total. The highest BCUT2D eigenvalue weighted by atomic mass is 32.2. The van der Waals surface area contributed by atoms with Gasteiger partial charge in [0.05, 0.1) is 5.75 Å². The normalized spacial score (nSPS) is 11.4. The quantitative estimate of drug-likeness (QED) is 0.679. The molecule has 140 valence electrons. The van der Waals surface area contributed by atoms with Crippen LogP contribution in [0.25, 0.3) is 11.4 Å². The number of anilines is 1. The Kier molecular flexibility index (Phi) is 5.60. The third-order valence-electron chi connectivity index (χ3n) is 4.11. The second-order valence-corrected chi connectivity index (χ2v) is 8.18. The standard InChI is InChI=1S/C20H23N5OS/c1-20(2,3)15-7-5-6-8-16(15)22-17(26)13-27-19-24-23-18(25(19)4)14-9-11-21-12-10-14/h5-12H,13H2,1-4H3,(H,22,26). The lowest BCUT2D eigenvalue weighted by Gasteiger charge is -2.22. The zero-order valence-corrected chi connectivity index (χ0v) is 16.7. The lowest BCUT2D eigenvalue weighted by molar-refractivity contribution is -0.113. The Hall–Kier alpha value is -2.67. The molecular weight excluding hydrogens is 358 g/mol. The van der Waals surface area contributed by atoms with Crippen LogP contribution in [0.5, 0.6) is 0 Å². The number of para-hydroxylation sites is 1. The van der Waals surface area contributed by atoms with Gasteiger partial charge < -0.3 is 9.88 Å². The van der Waals surface area contributed by atoms with Crippen LogP contribution in [0.3, 0.4) is 0 Å². The fraction of sp³-hybridized carbons (Fsp3) is 0.300. The maximum atomic E-state index is 12.5. The number of hydrogen-bond donors (Lipinski definition) is 1. The molecule has 0 aliphatic rings. The molecule has 3 aromatic rings. The molecule has 0 aliphatic heterocycles. The lowest BCUT2D eigenvalue weighted by Crippen LogP contribution is -2.20.